The van der Waals surface area contributed by atoms with E-state index in [0.29, 0.717) is 5.02 Å². The Bertz CT molecular complexity index is 272. The van der Waals surface area contributed by atoms with Gasteiger partial charge >= 0.3 is 6.16 Å². The summed E-state index contributed by atoms with van der Waals surface area (Å²) >= 11 is 5.55. The summed E-state index contributed by atoms with van der Waals surface area (Å²) in [7, 11) is 1.22. The maximum absolute atomic E-state index is 10.5. The van der Waals surface area contributed by atoms with Crippen molar-refractivity contribution in [2.45, 2.75) is 0 Å². The fourth-order valence-electron chi connectivity index (χ4n) is 0.550. The van der Waals surface area contributed by atoms with Crippen LogP contribution in [0.15, 0.2) is 18.3 Å². The molecule has 0 aliphatic heterocycles. The summed E-state index contributed by atoms with van der Waals surface area (Å²) in [6.07, 6.45) is 0.574. The topological polar surface area (TPSA) is 48.4 Å². The third-order valence-electron chi connectivity index (χ3n) is 1.05. The van der Waals surface area contributed by atoms with Crippen molar-refractivity contribution in [2.24, 2.45) is 0 Å². The molecule has 0 spiro atoms. The van der Waals surface area contributed by atoms with E-state index >= 15 is 0 Å². The molecule has 1 aromatic rings. The molecule has 0 radical (unpaired) electrons. The zero-order valence-corrected chi connectivity index (χ0v) is 7.04. The maximum Gasteiger partial charge on any atom is 0.514 e. The van der Waals surface area contributed by atoms with E-state index in [-0.39, 0.29) is 5.88 Å². The first-order valence-corrected chi connectivity index (χ1v) is 3.47. The van der Waals surface area contributed by atoms with E-state index in [1.807, 2.05) is 0 Å². The number of hydrogen-bond acceptors (Lipinski definition) is 4. The number of halogens is 1. The molecule has 12 heavy (non-hydrogen) atoms. The third kappa shape index (κ3) is 2.39. The van der Waals surface area contributed by atoms with Gasteiger partial charge in [0.25, 0.3) is 0 Å². The van der Waals surface area contributed by atoms with Crippen molar-refractivity contribution in [1.29, 1.82) is 0 Å². The van der Waals surface area contributed by atoms with Gasteiger partial charge in [0.2, 0.25) is 5.88 Å². The van der Waals surface area contributed by atoms with Crippen LogP contribution >= 0.6 is 11.6 Å². The van der Waals surface area contributed by atoms with Gasteiger partial charge in [0.1, 0.15) is 0 Å². The molecule has 1 rings (SSSR count). The number of ether oxygens (including phenoxy) is 2. The number of carbonyl (C=O) groups excluding carboxylic acids is 1. The standard InChI is InChI=1S/C7H6ClNO3/c1-11-7(10)12-6-3-2-5(8)4-9-6/h2-4H,1H3. The second-order valence-electron chi connectivity index (χ2n) is 1.87. The smallest absolute Gasteiger partial charge is 0.437 e. The number of hydrogen-bond donors (Lipinski definition) is 0. The normalized spacial score (nSPS) is 9.17. The molecule has 64 valence electrons. The van der Waals surface area contributed by atoms with Crippen LogP contribution in [0.3, 0.4) is 0 Å². The lowest BCUT2D eigenvalue weighted by Crippen LogP contribution is -2.07. The molecule has 5 heteroatoms. The lowest BCUT2D eigenvalue weighted by atomic mass is 10.5. The van der Waals surface area contributed by atoms with Crippen molar-refractivity contribution in [3.63, 3.8) is 0 Å². The highest BCUT2D eigenvalue weighted by molar-refractivity contribution is 6.30. The Morgan fingerprint density at radius 1 is 1.58 bits per heavy atom. The fraction of sp³-hybridized carbons (Fsp3) is 0.143. The van der Waals surface area contributed by atoms with E-state index < -0.39 is 6.16 Å². The summed E-state index contributed by atoms with van der Waals surface area (Å²) in [6.45, 7) is 0. The van der Waals surface area contributed by atoms with Gasteiger partial charge in [0.05, 0.1) is 12.1 Å². The van der Waals surface area contributed by atoms with Crippen LogP contribution in [0.2, 0.25) is 5.02 Å². The Hall–Kier alpha value is -1.29. The van der Waals surface area contributed by atoms with Crippen LogP contribution in [0.1, 0.15) is 0 Å². The highest BCUT2D eigenvalue weighted by Crippen LogP contribution is 2.11. The van der Waals surface area contributed by atoms with Gasteiger partial charge in [-0.05, 0) is 6.07 Å². The van der Waals surface area contributed by atoms with Gasteiger partial charge in [-0.25, -0.2) is 9.78 Å². The van der Waals surface area contributed by atoms with Crippen molar-refractivity contribution < 1.29 is 14.3 Å². The first-order valence-electron chi connectivity index (χ1n) is 3.09. The maximum atomic E-state index is 10.5. The van der Waals surface area contributed by atoms with Crippen molar-refractivity contribution in [3.8, 4) is 5.88 Å². The monoisotopic (exact) mass is 187 g/mol. The lowest BCUT2D eigenvalue weighted by Gasteiger charge is -1.99. The van der Waals surface area contributed by atoms with E-state index in [4.69, 9.17) is 11.6 Å². The summed E-state index contributed by atoms with van der Waals surface area (Å²) < 4.78 is 8.84. The van der Waals surface area contributed by atoms with Gasteiger partial charge in [-0.15, -0.1) is 0 Å². The van der Waals surface area contributed by atoms with Crippen LogP contribution in [0, 0.1) is 0 Å². The molecule has 0 aliphatic rings. The second-order valence-corrected chi connectivity index (χ2v) is 2.31. The van der Waals surface area contributed by atoms with Crippen LogP contribution in [0.4, 0.5) is 4.79 Å². The highest BCUT2D eigenvalue weighted by atomic mass is 35.5. The molecule has 0 fully saturated rings. The molecule has 0 atom stereocenters. The molecule has 0 saturated carbocycles. The second kappa shape index (κ2) is 3.92. The highest BCUT2D eigenvalue weighted by Gasteiger charge is 2.03. The molecular formula is C7H6ClNO3. The predicted octanol–water partition coefficient (Wildman–Crippen LogP) is 1.88. The van der Waals surface area contributed by atoms with Crippen molar-refractivity contribution in [3.05, 3.63) is 23.4 Å². The van der Waals surface area contributed by atoms with Crippen molar-refractivity contribution in [1.82, 2.24) is 4.98 Å². The predicted molar refractivity (Wildman–Crippen MR) is 42.3 cm³/mol. The van der Waals surface area contributed by atoms with E-state index in [2.05, 4.69) is 14.5 Å². The van der Waals surface area contributed by atoms with Crippen molar-refractivity contribution in [2.75, 3.05) is 7.11 Å². The number of methoxy groups -OCH3 is 1. The SMILES string of the molecule is COC(=O)Oc1ccc(Cl)cn1. The number of pyridine rings is 1. The molecule has 0 saturated heterocycles. The molecule has 0 unspecified atom stereocenters. The molecule has 1 heterocycles. The molecule has 0 N–H and O–H groups in total. The lowest BCUT2D eigenvalue weighted by molar-refractivity contribution is 0.119. The average molecular weight is 188 g/mol. The number of rotatable bonds is 1. The van der Waals surface area contributed by atoms with E-state index in [1.165, 1.54) is 19.4 Å². The molecule has 0 aliphatic carbocycles. The Morgan fingerprint density at radius 3 is 2.83 bits per heavy atom. The van der Waals surface area contributed by atoms with Gasteiger partial charge in [0.15, 0.2) is 0 Å². The third-order valence-corrected chi connectivity index (χ3v) is 1.28. The molecule has 4 nitrogen and oxygen atoms in total. The molecular weight excluding hydrogens is 182 g/mol. The van der Waals surface area contributed by atoms with E-state index in [0.717, 1.165) is 0 Å². The fourth-order valence-corrected chi connectivity index (χ4v) is 0.661. The quantitative estimate of drug-likeness (QED) is 0.630. The first-order chi connectivity index (χ1) is 5.72. The summed E-state index contributed by atoms with van der Waals surface area (Å²) in [6, 6.07) is 3.03. The number of aromatic nitrogens is 1. The van der Waals surface area contributed by atoms with Crippen LogP contribution < -0.4 is 4.74 Å². The molecule has 0 aromatic carbocycles. The van der Waals surface area contributed by atoms with Crippen molar-refractivity contribution >= 4 is 17.8 Å². The first kappa shape index (κ1) is 8.80. The minimum Gasteiger partial charge on any atom is -0.437 e. The average Bonchev–Trinajstić information content (AvgIpc) is 2.09. The summed E-state index contributed by atoms with van der Waals surface area (Å²) in [5.74, 6) is 0.159. The van der Waals surface area contributed by atoms with Crippen LogP contribution in [0.5, 0.6) is 5.88 Å². The van der Waals surface area contributed by atoms with Crippen LogP contribution in [-0.4, -0.2) is 18.2 Å². The van der Waals surface area contributed by atoms with Crippen LogP contribution in [-0.2, 0) is 4.74 Å². The molecule has 0 amide bonds. The summed E-state index contributed by atoms with van der Waals surface area (Å²) in [5, 5.41) is 0.479. The Labute approximate surface area is 74.1 Å². The molecule has 1 aromatic heterocycles. The summed E-state index contributed by atoms with van der Waals surface area (Å²) in [5.41, 5.74) is 0. The summed E-state index contributed by atoms with van der Waals surface area (Å²) in [4.78, 5) is 14.3. The minimum absolute atomic E-state index is 0.159. The number of nitrogens with zero attached hydrogens (tertiary/aromatic N) is 1. The van der Waals surface area contributed by atoms with E-state index in [9.17, 15) is 4.79 Å². The van der Waals surface area contributed by atoms with Gasteiger partial charge in [0, 0.05) is 12.3 Å². The van der Waals surface area contributed by atoms with Gasteiger partial charge in [-0.1, -0.05) is 11.6 Å². The Morgan fingerprint density at radius 2 is 2.33 bits per heavy atom. The zero-order valence-electron chi connectivity index (χ0n) is 6.28. The largest absolute Gasteiger partial charge is 0.514 e. The number of carbonyl (C=O) groups is 1. The Balaban J connectivity index is 2.64. The van der Waals surface area contributed by atoms with Gasteiger partial charge in [-0.2, -0.15) is 0 Å². The zero-order chi connectivity index (χ0) is 8.97. The Kier molecular flexibility index (Phi) is 2.88. The van der Waals surface area contributed by atoms with E-state index in [1.54, 1.807) is 6.07 Å². The van der Waals surface area contributed by atoms with Crippen LogP contribution in [0.25, 0.3) is 0 Å². The minimum atomic E-state index is -0.801. The van der Waals surface area contributed by atoms with Gasteiger partial charge < -0.3 is 9.47 Å². The molecule has 0 bridgehead atoms. The van der Waals surface area contributed by atoms with Gasteiger partial charge in [-0.3, -0.25) is 0 Å².